The highest BCUT2D eigenvalue weighted by Gasteiger charge is 2.02. The molecule has 0 spiro atoms. The Morgan fingerprint density at radius 1 is 1.58 bits per heavy atom. The lowest BCUT2D eigenvalue weighted by molar-refractivity contribution is -0.307. The molecule has 0 aliphatic carbocycles. The van der Waals surface area contributed by atoms with Crippen LogP contribution in [0.3, 0.4) is 0 Å². The Bertz CT molecular complexity index is 167. The van der Waals surface area contributed by atoms with Crippen LogP contribution in [0.5, 0.6) is 0 Å². The molecule has 0 unspecified atom stereocenters. The van der Waals surface area contributed by atoms with E-state index in [1.165, 1.54) is 0 Å². The van der Waals surface area contributed by atoms with Gasteiger partial charge in [-0.25, -0.2) is 4.79 Å². The lowest BCUT2D eigenvalue weighted by Crippen LogP contribution is -2.17. The molecule has 0 radical (unpaired) electrons. The normalized spacial score (nSPS) is 10.0. The van der Waals surface area contributed by atoms with Crippen LogP contribution in [0.4, 0.5) is 0 Å². The van der Waals surface area contributed by atoms with Crippen molar-refractivity contribution in [2.45, 2.75) is 13.3 Å². The molecule has 2 N–H and O–H groups in total. The first-order chi connectivity index (χ1) is 5.54. The highest BCUT2D eigenvalue weighted by Crippen LogP contribution is 1.93. The molecule has 0 bridgehead atoms. The molecule has 0 rings (SSSR count). The lowest BCUT2D eigenvalue weighted by Gasteiger charge is -2.06. The number of esters is 1. The average molecular weight is 175 g/mol. The van der Waals surface area contributed by atoms with Gasteiger partial charge in [-0.05, 0) is 13.3 Å². The summed E-state index contributed by atoms with van der Waals surface area (Å²) >= 11 is 0. The maximum Gasteiger partial charge on any atom is 0.333 e. The molecule has 0 saturated heterocycles. The maximum atomic E-state index is 10.7. The fraction of sp³-hybridized carbons (Fsp3) is 0.571. The van der Waals surface area contributed by atoms with E-state index in [9.17, 15) is 4.79 Å². The SMILES string of the molecule is C=C(C)C(=O)OCCCN(O)O. The highest BCUT2D eigenvalue weighted by atomic mass is 16.8. The van der Waals surface area contributed by atoms with Gasteiger partial charge in [-0.3, -0.25) is 10.4 Å². The number of rotatable bonds is 5. The minimum atomic E-state index is -0.461. The molecule has 0 fully saturated rings. The van der Waals surface area contributed by atoms with E-state index >= 15 is 0 Å². The van der Waals surface area contributed by atoms with Gasteiger partial charge in [0.25, 0.3) is 0 Å². The summed E-state index contributed by atoms with van der Waals surface area (Å²) < 4.78 is 4.67. The number of carbonyl (C=O) groups is 1. The van der Waals surface area contributed by atoms with Gasteiger partial charge < -0.3 is 4.74 Å². The molecule has 0 aromatic carbocycles. The van der Waals surface area contributed by atoms with Gasteiger partial charge in [0.1, 0.15) is 0 Å². The predicted octanol–water partition coefficient (Wildman–Crippen LogP) is 0.576. The third-order valence-corrected chi connectivity index (χ3v) is 1.08. The van der Waals surface area contributed by atoms with Crippen LogP contribution in [-0.4, -0.2) is 34.8 Å². The standard InChI is InChI=1S/C7H13NO4/c1-6(2)7(9)12-5-3-4-8(10)11/h10-11H,1,3-5H2,2H3. The zero-order chi connectivity index (χ0) is 9.56. The third-order valence-electron chi connectivity index (χ3n) is 1.08. The first-order valence-corrected chi connectivity index (χ1v) is 3.52. The van der Waals surface area contributed by atoms with Crippen molar-refractivity contribution in [3.8, 4) is 0 Å². The Labute approximate surface area is 70.8 Å². The molecule has 0 saturated carbocycles. The summed E-state index contributed by atoms with van der Waals surface area (Å²) in [6.07, 6.45) is 0.367. The highest BCUT2D eigenvalue weighted by molar-refractivity contribution is 5.86. The van der Waals surface area contributed by atoms with Gasteiger partial charge in [-0.15, -0.1) is 0 Å². The van der Waals surface area contributed by atoms with E-state index in [0.29, 0.717) is 12.0 Å². The van der Waals surface area contributed by atoms with Gasteiger partial charge in [-0.2, -0.15) is 0 Å². The first kappa shape index (κ1) is 11.1. The second-order valence-corrected chi connectivity index (χ2v) is 2.37. The molecule has 12 heavy (non-hydrogen) atoms. The minimum absolute atomic E-state index is 0.0451. The summed E-state index contributed by atoms with van der Waals surface area (Å²) in [4.78, 5) is 10.7. The Morgan fingerprint density at radius 2 is 2.17 bits per heavy atom. The third kappa shape index (κ3) is 5.84. The predicted molar refractivity (Wildman–Crippen MR) is 40.7 cm³/mol. The van der Waals surface area contributed by atoms with Crippen molar-refractivity contribution in [1.29, 1.82) is 0 Å². The number of hydrogen-bond acceptors (Lipinski definition) is 5. The van der Waals surface area contributed by atoms with Gasteiger partial charge in [0.2, 0.25) is 0 Å². The van der Waals surface area contributed by atoms with Crippen molar-refractivity contribution < 1.29 is 19.9 Å². The maximum absolute atomic E-state index is 10.7. The Balaban J connectivity index is 3.32. The quantitative estimate of drug-likeness (QED) is 0.277. The van der Waals surface area contributed by atoms with E-state index in [2.05, 4.69) is 11.3 Å². The molecule has 0 aliphatic heterocycles. The van der Waals surface area contributed by atoms with Gasteiger partial charge in [-0.1, -0.05) is 11.8 Å². The molecule has 0 aromatic heterocycles. The van der Waals surface area contributed by atoms with Crippen LogP contribution >= 0.6 is 0 Å². The second kappa shape index (κ2) is 5.70. The largest absolute Gasteiger partial charge is 0.462 e. The molecule has 70 valence electrons. The van der Waals surface area contributed by atoms with Crippen LogP contribution < -0.4 is 0 Å². The van der Waals surface area contributed by atoms with Crippen molar-refractivity contribution >= 4 is 5.97 Å². The Kier molecular flexibility index (Phi) is 5.27. The van der Waals surface area contributed by atoms with E-state index in [4.69, 9.17) is 10.4 Å². The van der Waals surface area contributed by atoms with E-state index < -0.39 is 5.97 Å². The van der Waals surface area contributed by atoms with Gasteiger partial charge in [0.05, 0.1) is 13.2 Å². The van der Waals surface area contributed by atoms with Crippen molar-refractivity contribution in [2.24, 2.45) is 0 Å². The molecule has 0 heterocycles. The summed E-state index contributed by atoms with van der Waals surface area (Å²) in [7, 11) is 0. The van der Waals surface area contributed by atoms with Crippen molar-refractivity contribution in [2.75, 3.05) is 13.2 Å². The average Bonchev–Trinajstić information content (AvgIpc) is 1.97. The van der Waals surface area contributed by atoms with Crippen LogP contribution in [0, 0.1) is 0 Å². The zero-order valence-corrected chi connectivity index (χ0v) is 6.99. The fourth-order valence-corrected chi connectivity index (χ4v) is 0.494. The summed E-state index contributed by atoms with van der Waals surface area (Å²) in [5, 5.41) is 16.6. The molecule has 0 aliphatic rings. The van der Waals surface area contributed by atoms with Crippen LogP contribution in [0.15, 0.2) is 12.2 Å². The van der Waals surface area contributed by atoms with Crippen LogP contribution in [0.2, 0.25) is 0 Å². The van der Waals surface area contributed by atoms with Crippen LogP contribution in [0.25, 0.3) is 0 Å². The molecular formula is C7H13NO4. The summed E-state index contributed by atoms with van der Waals surface area (Å²) in [5.41, 5.74) is 0.333. The molecule has 5 nitrogen and oxygen atoms in total. The number of nitrogens with zero attached hydrogens (tertiary/aromatic N) is 1. The van der Waals surface area contributed by atoms with Gasteiger partial charge in [0, 0.05) is 5.57 Å². The van der Waals surface area contributed by atoms with Crippen molar-refractivity contribution in [3.05, 3.63) is 12.2 Å². The molecule has 0 atom stereocenters. The summed E-state index contributed by atoms with van der Waals surface area (Å²) in [6, 6.07) is 0. The van der Waals surface area contributed by atoms with Crippen molar-refractivity contribution in [3.63, 3.8) is 0 Å². The number of hydroxylamine groups is 2. The van der Waals surface area contributed by atoms with Crippen LogP contribution in [-0.2, 0) is 9.53 Å². The minimum Gasteiger partial charge on any atom is -0.462 e. The van der Waals surface area contributed by atoms with E-state index in [0.717, 1.165) is 0 Å². The Hall–Kier alpha value is -0.910. The Morgan fingerprint density at radius 3 is 2.58 bits per heavy atom. The molecular weight excluding hydrogens is 162 g/mol. The molecule has 5 heteroatoms. The number of hydrogen-bond donors (Lipinski definition) is 2. The van der Waals surface area contributed by atoms with E-state index in [-0.39, 0.29) is 18.4 Å². The van der Waals surface area contributed by atoms with E-state index in [1.54, 1.807) is 6.92 Å². The molecule has 0 amide bonds. The van der Waals surface area contributed by atoms with Gasteiger partial charge >= 0.3 is 5.97 Å². The van der Waals surface area contributed by atoms with Crippen LogP contribution in [0.1, 0.15) is 13.3 Å². The lowest BCUT2D eigenvalue weighted by atomic mass is 10.4. The smallest absolute Gasteiger partial charge is 0.333 e. The number of carbonyl (C=O) groups excluding carboxylic acids is 1. The topological polar surface area (TPSA) is 70.0 Å². The summed E-state index contributed by atoms with van der Waals surface area (Å²) in [5.74, 6) is -0.461. The monoisotopic (exact) mass is 175 g/mol. The van der Waals surface area contributed by atoms with Crippen molar-refractivity contribution in [1.82, 2.24) is 5.23 Å². The molecule has 0 aromatic rings. The fourth-order valence-electron chi connectivity index (χ4n) is 0.494. The van der Waals surface area contributed by atoms with Gasteiger partial charge in [0.15, 0.2) is 0 Å². The second-order valence-electron chi connectivity index (χ2n) is 2.37. The first-order valence-electron chi connectivity index (χ1n) is 3.52. The summed E-state index contributed by atoms with van der Waals surface area (Å²) in [6.45, 7) is 5.13. The van der Waals surface area contributed by atoms with E-state index in [1.807, 2.05) is 0 Å². The zero-order valence-electron chi connectivity index (χ0n) is 6.99. The number of ether oxygens (including phenoxy) is 1.